The van der Waals surface area contributed by atoms with Gasteiger partial charge in [-0.2, -0.15) is 5.10 Å². The van der Waals surface area contributed by atoms with E-state index >= 15 is 0 Å². The van der Waals surface area contributed by atoms with Crippen molar-refractivity contribution in [2.24, 2.45) is 0 Å². The second-order valence-electron chi connectivity index (χ2n) is 4.40. The Kier molecular flexibility index (Phi) is 2.83. The molecular weight excluding hydrogens is 258 g/mol. The van der Waals surface area contributed by atoms with E-state index in [1.807, 2.05) is 42.1 Å². The monoisotopic (exact) mass is 271 g/mol. The molecule has 0 fully saturated rings. The van der Waals surface area contributed by atoms with Crippen molar-refractivity contribution in [2.45, 2.75) is 13.8 Å². The van der Waals surface area contributed by atoms with Gasteiger partial charge >= 0.3 is 0 Å². The number of nitrogens with zero attached hydrogens (tertiary/aromatic N) is 3. The molecular formula is C14H13N3OS. The second-order valence-corrected chi connectivity index (χ2v) is 5.24. The Hall–Kier alpha value is -2.14. The zero-order valence-electron chi connectivity index (χ0n) is 10.7. The lowest BCUT2D eigenvalue weighted by Gasteiger charge is -1.99. The van der Waals surface area contributed by atoms with Crippen molar-refractivity contribution in [1.82, 2.24) is 14.8 Å². The highest BCUT2D eigenvalue weighted by Crippen LogP contribution is 2.26. The van der Waals surface area contributed by atoms with E-state index in [4.69, 9.17) is 0 Å². The summed E-state index contributed by atoms with van der Waals surface area (Å²) in [5.41, 5.74) is 3.80. The minimum absolute atomic E-state index is 0.248. The summed E-state index contributed by atoms with van der Waals surface area (Å²) >= 11 is 1.54. The molecule has 0 spiro atoms. The second kappa shape index (κ2) is 4.51. The minimum Gasteiger partial charge on any atom is -0.508 e. The van der Waals surface area contributed by atoms with Crippen molar-refractivity contribution >= 4 is 11.3 Å². The predicted octanol–water partition coefficient (Wildman–Crippen LogP) is 3.32. The van der Waals surface area contributed by atoms with Gasteiger partial charge in [0.05, 0.1) is 11.4 Å². The van der Waals surface area contributed by atoms with Gasteiger partial charge in [0.15, 0.2) is 0 Å². The standard InChI is InChI=1S/C14H13N3OS/c1-9-6-10(2)17(16-9)14-15-13(8-19-14)11-4-3-5-12(18)7-11/h3-8,18H,1-2H3. The highest BCUT2D eigenvalue weighted by molar-refractivity contribution is 7.12. The minimum atomic E-state index is 0.248. The summed E-state index contributed by atoms with van der Waals surface area (Å²) < 4.78 is 1.84. The molecule has 0 unspecified atom stereocenters. The first-order valence-corrected chi connectivity index (χ1v) is 6.80. The topological polar surface area (TPSA) is 50.9 Å². The predicted molar refractivity (Wildman–Crippen MR) is 75.8 cm³/mol. The number of hydrogen-bond acceptors (Lipinski definition) is 4. The van der Waals surface area contributed by atoms with Crippen LogP contribution in [0.1, 0.15) is 11.4 Å². The number of rotatable bonds is 2. The molecule has 4 nitrogen and oxygen atoms in total. The van der Waals surface area contributed by atoms with Gasteiger partial charge in [-0.1, -0.05) is 12.1 Å². The molecule has 0 radical (unpaired) electrons. The molecule has 3 aromatic rings. The first-order valence-electron chi connectivity index (χ1n) is 5.92. The SMILES string of the molecule is Cc1cc(C)n(-c2nc(-c3cccc(O)c3)cs2)n1. The maximum absolute atomic E-state index is 9.50. The Bertz CT molecular complexity index is 730. The molecule has 2 heterocycles. The lowest BCUT2D eigenvalue weighted by Crippen LogP contribution is -1.98. The lowest BCUT2D eigenvalue weighted by atomic mass is 10.2. The van der Waals surface area contributed by atoms with Gasteiger partial charge in [0.1, 0.15) is 5.75 Å². The number of benzene rings is 1. The number of phenolic OH excluding ortho intramolecular Hbond substituents is 1. The molecule has 2 aromatic heterocycles. The summed E-state index contributed by atoms with van der Waals surface area (Å²) in [6.07, 6.45) is 0. The van der Waals surface area contributed by atoms with Crippen molar-refractivity contribution in [3.8, 4) is 22.1 Å². The fourth-order valence-electron chi connectivity index (χ4n) is 1.98. The zero-order valence-corrected chi connectivity index (χ0v) is 11.5. The molecule has 96 valence electrons. The summed E-state index contributed by atoms with van der Waals surface area (Å²) in [6.45, 7) is 3.97. The van der Waals surface area contributed by atoms with Crippen molar-refractivity contribution in [1.29, 1.82) is 0 Å². The van der Waals surface area contributed by atoms with Crippen molar-refractivity contribution in [3.05, 3.63) is 47.1 Å². The van der Waals surface area contributed by atoms with E-state index in [0.717, 1.165) is 27.8 Å². The molecule has 0 bridgehead atoms. The molecule has 1 N–H and O–H groups in total. The molecule has 0 saturated carbocycles. The van der Waals surface area contributed by atoms with Gasteiger partial charge in [0, 0.05) is 16.6 Å². The maximum Gasteiger partial charge on any atom is 0.211 e. The summed E-state index contributed by atoms with van der Waals surface area (Å²) in [5.74, 6) is 0.248. The quantitative estimate of drug-likeness (QED) is 0.778. The molecule has 19 heavy (non-hydrogen) atoms. The number of thiazole rings is 1. The number of aromatic hydroxyl groups is 1. The van der Waals surface area contributed by atoms with Gasteiger partial charge in [-0.15, -0.1) is 11.3 Å². The van der Waals surface area contributed by atoms with Crippen LogP contribution in [0.5, 0.6) is 5.75 Å². The molecule has 1 aromatic carbocycles. The van der Waals surface area contributed by atoms with Crippen LogP contribution >= 0.6 is 11.3 Å². The van der Waals surface area contributed by atoms with Gasteiger partial charge < -0.3 is 5.11 Å². The average Bonchev–Trinajstić information content (AvgIpc) is 2.96. The number of hydrogen-bond donors (Lipinski definition) is 1. The van der Waals surface area contributed by atoms with Gasteiger partial charge in [-0.3, -0.25) is 0 Å². The molecule has 0 atom stereocenters. The third kappa shape index (κ3) is 2.24. The van der Waals surface area contributed by atoms with E-state index in [9.17, 15) is 5.11 Å². The summed E-state index contributed by atoms with van der Waals surface area (Å²) in [4.78, 5) is 4.57. The van der Waals surface area contributed by atoms with E-state index < -0.39 is 0 Å². The maximum atomic E-state index is 9.50. The van der Waals surface area contributed by atoms with E-state index in [0.29, 0.717) is 0 Å². The third-order valence-corrected chi connectivity index (χ3v) is 3.64. The van der Waals surface area contributed by atoms with Gasteiger partial charge in [-0.25, -0.2) is 9.67 Å². The molecule has 5 heteroatoms. The Morgan fingerprint density at radius 3 is 2.74 bits per heavy atom. The molecule has 0 saturated heterocycles. The zero-order chi connectivity index (χ0) is 13.4. The smallest absolute Gasteiger partial charge is 0.211 e. The van der Waals surface area contributed by atoms with E-state index in [1.165, 1.54) is 11.3 Å². The van der Waals surface area contributed by atoms with E-state index in [1.54, 1.807) is 12.1 Å². The highest BCUT2D eigenvalue weighted by atomic mass is 32.1. The first kappa shape index (κ1) is 11.9. The van der Waals surface area contributed by atoms with Crippen LogP contribution in [0.25, 0.3) is 16.4 Å². The molecule has 0 aliphatic carbocycles. The van der Waals surface area contributed by atoms with Crippen molar-refractivity contribution in [2.75, 3.05) is 0 Å². The average molecular weight is 271 g/mol. The normalized spacial score (nSPS) is 10.8. The van der Waals surface area contributed by atoms with Crippen LogP contribution in [-0.4, -0.2) is 19.9 Å². The van der Waals surface area contributed by atoms with Gasteiger partial charge in [-0.05, 0) is 32.0 Å². The van der Waals surface area contributed by atoms with Crippen molar-refractivity contribution < 1.29 is 5.11 Å². The third-order valence-electron chi connectivity index (χ3n) is 2.82. The number of aromatic nitrogens is 3. The lowest BCUT2D eigenvalue weighted by molar-refractivity contribution is 0.475. The van der Waals surface area contributed by atoms with Crippen LogP contribution in [0, 0.1) is 13.8 Å². The summed E-state index contributed by atoms with van der Waals surface area (Å²) in [5, 5.41) is 16.7. The highest BCUT2D eigenvalue weighted by Gasteiger charge is 2.10. The number of phenols is 1. The van der Waals surface area contributed by atoms with Crippen LogP contribution in [0.3, 0.4) is 0 Å². The summed E-state index contributed by atoms with van der Waals surface area (Å²) in [7, 11) is 0. The molecule has 3 rings (SSSR count). The van der Waals surface area contributed by atoms with E-state index in [2.05, 4.69) is 10.1 Å². The van der Waals surface area contributed by atoms with Gasteiger partial charge in [0.2, 0.25) is 5.13 Å². The van der Waals surface area contributed by atoms with Crippen LogP contribution in [-0.2, 0) is 0 Å². The van der Waals surface area contributed by atoms with Gasteiger partial charge in [0.25, 0.3) is 0 Å². The molecule has 0 aliphatic heterocycles. The number of aryl methyl sites for hydroxylation is 2. The van der Waals surface area contributed by atoms with Crippen LogP contribution < -0.4 is 0 Å². The van der Waals surface area contributed by atoms with E-state index in [-0.39, 0.29) is 5.75 Å². The fourth-order valence-corrected chi connectivity index (χ4v) is 2.82. The molecule has 0 aliphatic rings. The Morgan fingerprint density at radius 2 is 2.05 bits per heavy atom. The summed E-state index contributed by atoms with van der Waals surface area (Å²) in [6, 6.07) is 9.12. The van der Waals surface area contributed by atoms with Crippen LogP contribution in [0.4, 0.5) is 0 Å². The van der Waals surface area contributed by atoms with Crippen molar-refractivity contribution in [3.63, 3.8) is 0 Å². The first-order chi connectivity index (χ1) is 9.13. The Morgan fingerprint density at radius 1 is 1.21 bits per heavy atom. The Balaban J connectivity index is 2.02. The molecule has 0 amide bonds. The van der Waals surface area contributed by atoms with Crippen LogP contribution in [0.15, 0.2) is 35.7 Å². The largest absolute Gasteiger partial charge is 0.508 e. The van der Waals surface area contributed by atoms with Crippen LogP contribution in [0.2, 0.25) is 0 Å². The Labute approximate surface area is 115 Å². The fraction of sp³-hybridized carbons (Fsp3) is 0.143.